The number of nitrogens with one attached hydrogen (secondary N) is 2. The zero-order valence-corrected chi connectivity index (χ0v) is 40.7. The first-order valence-corrected chi connectivity index (χ1v) is 25.2. The van der Waals surface area contributed by atoms with Crippen molar-refractivity contribution >= 4 is 67.1 Å². The number of hydrogen-bond donors (Lipinski definition) is 3. The summed E-state index contributed by atoms with van der Waals surface area (Å²) >= 11 is 1.43. The Morgan fingerprint density at radius 2 is 1.76 bits per heavy atom. The van der Waals surface area contributed by atoms with Crippen molar-refractivity contribution in [2.75, 3.05) is 36.5 Å². The van der Waals surface area contributed by atoms with Crippen molar-refractivity contribution in [3.05, 3.63) is 130 Å². The number of aryl methyl sites for hydroxylation is 1. The molecule has 1 unspecified atom stereocenters. The summed E-state index contributed by atoms with van der Waals surface area (Å²) in [5, 5.41) is 26.2. The predicted octanol–water partition coefficient (Wildman–Crippen LogP) is 8.71. The Balaban J connectivity index is 0.673. The van der Waals surface area contributed by atoms with Gasteiger partial charge in [0, 0.05) is 48.6 Å². The first-order chi connectivity index (χ1) is 35.0. The van der Waals surface area contributed by atoms with Crippen LogP contribution < -0.4 is 20.3 Å². The highest BCUT2D eigenvalue weighted by molar-refractivity contribution is 7.22. The Hall–Kier alpha value is -7.83. The monoisotopic (exact) mass is 984 g/mol. The summed E-state index contributed by atoms with van der Waals surface area (Å²) in [6, 6.07) is 28.7. The van der Waals surface area contributed by atoms with Gasteiger partial charge in [0.25, 0.3) is 11.8 Å². The first-order valence-electron chi connectivity index (χ1n) is 24.4. The van der Waals surface area contributed by atoms with E-state index < -0.39 is 11.9 Å². The van der Waals surface area contributed by atoms with E-state index in [0.29, 0.717) is 90.2 Å². The van der Waals surface area contributed by atoms with Crippen molar-refractivity contribution in [2.45, 2.75) is 70.9 Å². The standard InChI is InChI=1S/C54H52N10O7S/c1-31-35(36-17-19-46(57-49(36)53(68)69)64-26-23-33-9-5-11-37(40(33)29-64)50(66)59-54-55-41-12-3-4-14-44(41)72-54)10-6-13-43(31)70-27-7-8-32-21-24-63(25-22-32)30-45-56-52(71-61-45)34-15-16-38-42(28-34)62(2)60-48(38)39-18-20-47(65)58-51(39)67/h3-6,9-17,19,28,32,39H,7-8,18,20-27,29-30H2,1-2H3,(H,68,69)(H,55,59,66)(H,58,65,67). The van der Waals surface area contributed by atoms with E-state index in [2.05, 4.69) is 30.8 Å². The van der Waals surface area contributed by atoms with Crippen LogP contribution in [0.15, 0.2) is 95.5 Å². The van der Waals surface area contributed by atoms with Crippen LogP contribution in [0.25, 0.3) is 43.7 Å². The fraction of sp³-hybridized carbons (Fsp3) is 0.315. The van der Waals surface area contributed by atoms with E-state index in [1.54, 1.807) is 4.68 Å². The number of thiazole rings is 1. The summed E-state index contributed by atoms with van der Waals surface area (Å²) in [6.07, 6.45) is 5.43. The second kappa shape index (κ2) is 19.8. The van der Waals surface area contributed by atoms with E-state index in [0.717, 1.165) is 87.7 Å². The topological polar surface area (TPSA) is 211 Å². The second-order valence-electron chi connectivity index (χ2n) is 18.8. The quantitative estimate of drug-likeness (QED) is 0.0688. The number of pyridine rings is 1. The number of para-hydroxylation sites is 1. The van der Waals surface area contributed by atoms with E-state index in [1.807, 2.05) is 110 Å². The third-order valence-corrected chi connectivity index (χ3v) is 15.2. The SMILES string of the molecule is Cc1c(OCCCC2CCN(Cc3noc(-c4ccc5c(C6CCC(=O)NC6=O)nn(C)c5c4)n3)CC2)cccc1-c1ccc(N2CCc3cccc(C(=O)Nc4nc5ccccc5s4)c3C2)nc1C(=O)O. The number of rotatable bonds is 14. The molecule has 8 aromatic rings. The molecule has 2 saturated heterocycles. The van der Waals surface area contributed by atoms with Crippen molar-refractivity contribution < 1.29 is 33.5 Å². The van der Waals surface area contributed by atoms with Gasteiger partial charge in [0.1, 0.15) is 11.6 Å². The molecule has 0 bridgehead atoms. The molecule has 4 aromatic heterocycles. The second-order valence-corrected chi connectivity index (χ2v) is 19.9. The number of carbonyl (C=O) groups is 4. The van der Waals surface area contributed by atoms with Crippen molar-refractivity contribution in [3.8, 4) is 28.3 Å². The zero-order valence-electron chi connectivity index (χ0n) is 39.9. The van der Waals surface area contributed by atoms with E-state index >= 15 is 0 Å². The van der Waals surface area contributed by atoms with E-state index in [4.69, 9.17) is 19.2 Å². The molecule has 2 fully saturated rings. The van der Waals surface area contributed by atoms with Crippen LogP contribution in [-0.4, -0.2) is 89.8 Å². The summed E-state index contributed by atoms with van der Waals surface area (Å²) in [7, 11) is 1.83. The first kappa shape index (κ1) is 46.5. The molecule has 3 aliphatic heterocycles. The molecule has 11 rings (SSSR count). The van der Waals surface area contributed by atoms with Crippen LogP contribution in [0.1, 0.15) is 93.5 Å². The molecule has 3 amide bonds. The minimum Gasteiger partial charge on any atom is -0.493 e. The third-order valence-electron chi connectivity index (χ3n) is 14.3. The van der Waals surface area contributed by atoms with Gasteiger partial charge in [-0.1, -0.05) is 59.0 Å². The summed E-state index contributed by atoms with van der Waals surface area (Å²) in [5.74, 6) is 0.448. The number of carboxylic acids is 1. The number of benzene rings is 4. The summed E-state index contributed by atoms with van der Waals surface area (Å²) in [6.45, 7) is 5.96. The number of carboxylic acid groups (broad SMARTS) is 1. The fourth-order valence-electron chi connectivity index (χ4n) is 10.4. The average Bonchev–Trinajstić information content (AvgIpc) is 4.12. The van der Waals surface area contributed by atoms with Crippen LogP contribution in [0, 0.1) is 12.8 Å². The van der Waals surface area contributed by atoms with E-state index in [-0.39, 0.29) is 29.8 Å². The smallest absolute Gasteiger partial charge is 0.355 e. The zero-order chi connectivity index (χ0) is 49.5. The molecule has 17 nitrogen and oxygen atoms in total. The van der Waals surface area contributed by atoms with Crippen LogP contribution in [0.2, 0.25) is 0 Å². The van der Waals surface area contributed by atoms with Crippen molar-refractivity contribution in [3.63, 3.8) is 0 Å². The van der Waals surface area contributed by atoms with Crippen LogP contribution in [-0.2, 0) is 36.1 Å². The Morgan fingerprint density at radius 3 is 2.60 bits per heavy atom. The molecule has 4 aromatic carbocycles. The molecule has 0 radical (unpaired) electrons. The number of aromatic carboxylic acids is 1. The van der Waals surface area contributed by atoms with Gasteiger partial charge in [-0.15, -0.1) is 0 Å². The van der Waals surface area contributed by atoms with Crippen LogP contribution in [0.3, 0.4) is 0 Å². The lowest BCUT2D eigenvalue weighted by atomic mass is 9.92. The molecular weight excluding hydrogens is 933 g/mol. The number of amides is 3. The molecule has 3 aliphatic rings. The normalized spacial score (nSPS) is 16.5. The Morgan fingerprint density at radius 1 is 0.917 bits per heavy atom. The van der Waals surface area contributed by atoms with Gasteiger partial charge in [-0.25, -0.2) is 14.8 Å². The number of fused-ring (bicyclic) bond motifs is 3. The van der Waals surface area contributed by atoms with Crippen molar-refractivity contribution in [1.29, 1.82) is 0 Å². The molecule has 1 atom stereocenters. The van der Waals surface area contributed by atoms with Gasteiger partial charge in [-0.05, 0) is 135 Å². The van der Waals surface area contributed by atoms with Crippen LogP contribution in [0.5, 0.6) is 5.75 Å². The van der Waals surface area contributed by atoms with Gasteiger partial charge in [0.15, 0.2) is 16.6 Å². The molecule has 18 heteroatoms. The maximum atomic E-state index is 13.6. The lowest BCUT2D eigenvalue weighted by Gasteiger charge is -2.31. The largest absolute Gasteiger partial charge is 0.493 e. The fourth-order valence-corrected chi connectivity index (χ4v) is 11.3. The minimum atomic E-state index is -1.12. The molecule has 72 heavy (non-hydrogen) atoms. The summed E-state index contributed by atoms with van der Waals surface area (Å²) in [5.41, 5.74) is 7.67. The van der Waals surface area contributed by atoms with Gasteiger partial charge < -0.3 is 19.3 Å². The lowest BCUT2D eigenvalue weighted by molar-refractivity contribution is -0.134. The van der Waals surface area contributed by atoms with Gasteiger partial charge in [-0.3, -0.25) is 34.6 Å². The molecule has 366 valence electrons. The van der Waals surface area contributed by atoms with Crippen LogP contribution in [0.4, 0.5) is 10.9 Å². The van der Waals surface area contributed by atoms with E-state index in [1.165, 1.54) is 11.3 Å². The van der Waals surface area contributed by atoms with Crippen molar-refractivity contribution in [1.82, 2.24) is 40.1 Å². The predicted molar refractivity (Wildman–Crippen MR) is 272 cm³/mol. The Labute approximate surface area is 418 Å². The maximum absolute atomic E-state index is 13.6. The average molecular weight is 985 g/mol. The van der Waals surface area contributed by atoms with Gasteiger partial charge in [0.05, 0.1) is 40.5 Å². The number of ether oxygens (including phenoxy) is 1. The number of hydrogen-bond acceptors (Lipinski definition) is 14. The van der Waals surface area contributed by atoms with Gasteiger partial charge in [-0.2, -0.15) is 10.1 Å². The molecule has 0 spiro atoms. The number of imide groups is 1. The Kier molecular flexibility index (Phi) is 12.8. The highest BCUT2D eigenvalue weighted by Crippen LogP contribution is 2.36. The summed E-state index contributed by atoms with van der Waals surface area (Å²) < 4.78 is 14.8. The maximum Gasteiger partial charge on any atom is 0.355 e. The molecule has 0 aliphatic carbocycles. The molecule has 0 saturated carbocycles. The Bertz CT molecular complexity index is 3380. The van der Waals surface area contributed by atoms with Gasteiger partial charge in [0.2, 0.25) is 11.8 Å². The highest BCUT2D eigenvalue weighted by Gasteiger charge is 2.32. The third kappa shape index (κ3) is 9.42. The number of aromatic nitrogens is 6. The van der Waals surface area contributed by atoms with E-state index in [9.17, 15) is 24.3 Å². The van der Waals surface area contributed by atoms with Gasteiger partial charge >= 0.3 is 5.97 Å². The number of likely N-dealkylation sites (tertiary alicyclic amines) is 1. The molecule has 3 N–H and O–H groups in total. The summed E-state index contributed by atoms with van der Waals surface area (Å²) in [4.78, 5) is 69.2. The number of piperidine rings is 2. The lowest BCUT2D eigenvalue weighted by Crippen LogP contribution is -2.39. The molecule has 7 heterocycles. The minimum absolute atomic E-state index is 0.0439. The number of carbonyl (C=O) groups excluding carboxylic acids is 3. The van der Waals surface area contributed by atoms with Crippen molar-refractivity contribution in [2.24, 2.45) is 13.0 Å². The highest BCUT2D eigenvalue weighted by atomic mass is 32.1. The number of anilines is 2. The molecular formula is C54H52N10O7S. The number of nitrogens with zero attached hydrogens (tertiary/aromatic N) is 8. The van der Waals surface area contributed by atoms with Crippen LogP contribution >= 0.6 is 11.3 Å².